The Morgan fingerprint density at radius 2 is 2.05 bits per heavy atom. The standard InChI is InChI=1S/C15H16BrF2NOS/c1-3-19-7-12-4-10(9(2)21-12)8-20-14-6-11(16)5-13(17)15(14)18/h4-6,19H,3,7-8H2,1-2H3. The molecule has 0 atom stereocenters. The Balaban J connectivity index is 2.08. The fourth-order valence-electron chi connectivity index (χ4n) is 1.86. The Morgan fingerprint density at radius 3 is 2.76 bits per heavy atom. The molecule has 0 spiro atoms. The van der Waals surface area contributed by atoms with Crippen molar-refractivity contribution in [1.82, 2.24) is 5.32 Å². The molecule has 0 bridgehead atoms. The molecule has 1 heterocycles. The van der Waals surface area contributed by atoms with Crippen molar-refractivity contribution in [2.45, 2.75) is 27.0 Å². The van der Waals surface area contributed by atoms with Gasteiger partial charge in [0.1, 0.15) is 6.61 Å². The molecule has 0 amide bonds. The topological polar surface area (TPSA) is 21.3 Å². The number of benzene rings is 1. The van der Waals surface area contributed by atoms with Gasteiger partial charge in [-0.3, -0.25) is 0 Å². The lowest BCUT2D eigenvalue weighted by atomic mass is 10.2. The number of aryl methyl sites for hydroxylation is 1. The van der Waals surface area contributed by atoms with E-state index in [1.165, 1.54) is 10.9 Å². The molecule has 2 nitrogen and oxygen atoms in total. The summed E-state index contributed by atoms with van der Waals surface area (Å²) in [6, 6.07) is 4.54. The smallest absolute Gasteiger partial charge is 0.200 e. The molecule has 0 saturated heterocycles. The largest absolute Gasteiger partial charge is 0.486 e. The third kappa shape index (κ3) is 4.25. The van der Waals surface area contributed by atoms with Gasteiger partial charge in [0.15, 0.2) is 11.6 Å². The second kappa shape index (κ2) is 7.33. The average molecular weight is 376 g/mol. The summed E-state index contributed by atoms with van der Waals surface area (Å²) >= 11 is 4.81. The van der Waals surface area contributed by atoms with Gasteiger partial charge in [-0.15, -0.1) is 11.3 Å². The Bertz CT molecular complexity index is 630. The van der Waals surface area contributed by atoms with Crippen LogP contribution in [0, 0.1) is 18.6 Å². The molecule has 21 heavy (non-hydrogen) atoms. The zero-order valence-corrected chi connectivity index (χ0v) is 14.2. The van der Waals surface area contributed by atoms with Crippen LogP contribution in [0.2, 0.25) is 0 Å². The van der Waals surface area contributed by atoms with E-state index in [2.05, 4.69) is 28.2 Å². The fourth-order valence-corrected chi connectivity index (χ4v) is 3.29. The predicted octanol–water partition coefficient (Wildman–Crippen LogP) is 4.79. The van der Waals surface area contributed by atoms with Crippen molar-refractivity contribution >= 4 is 27.3 Å². The Morgan fingerprint density at radius 1 is 1.29 bits per heavy atom. The quantitative estimate of drug-likeness (QED) is 0.733. The van der Waals surface area contributed by atoms with E-state index in [9.17, 15) is 8.78 Å². The molecule has 114 valence electrons. The van der Waals surface area contributed by atoms with Crippen LogP contribution in [0.5, 0.6) is 5.75 Å². The minimum Gasteiger partial charge on any atom is -0.486 e. The van der Waals surface area contributed by atoms with Crippen LogP contribution in [0.15, 0.2) is 22.7 Å². The van der Waals surface area contributed by atoms with E-state index in [4.69, 9.17) is 4.74 Å². The van der Waals surface area contributed by atoms with Crippen LogP contribution in [0.1, 0.15) is 22.2 Å². The van der Waals surface area contributed by atoms with Crippen LogP contribution in [0.4, 0.5) is 8.78 Å². The second-order valence-corrected chi connectivity index (χ2v) is 6.82. The van der Waals surface area contributed by atoms with Gasteiger partial charge in [-0.1, -0.05) is 22.9 Å². The molecular formula is C15H16BrF2NOS. The van der Waals surface area contributed by atoms with Crippen molar-refractivity contribution in [2.75, 3.05) is 6.54 Å². The highest BCUT2D eigenvalue weighted by Crippen LogP contribution is 2.28. The molecule has 0 saturated carbocycles. The highest BCUT2D eigenvalue weighted by molar-refractivity contribution is 9.10. The Hall–Kier alpha value is -0.980. The zero-order chi connectivity index (χ0) is 15.4. The van der Waals surface area contributed by atoms with Crippen LogP contribution < -0.4 is 10.1 Å². The molecule has 1 aromatic heterocycles. The van der Waals surface area contributed by atoms with Crippen molar-refractivity contribution in [3.63, 3.8) is 0 Å². The number of nitrogens with one attached hydrogen (secondary N) is 1. The summed E-state index contributed by atoms with van der Waals surface area (Å²) in [4.78, 5) is 2.33. The summed E-state index contributed by atoms with van der Waals surface area (Å²) in [6.07, 6.45) is 0. The van der Waals surface area contributed by atoms with E-state index in [0.717, 1.165) is 29.6 Å². The highest BCUT2D eigenvalue weighted by atomic mass is 79.9. The van der Waals surface area contributed by atoms with E-state index < -0.39 is 11.6 Å². The highest BCUT2D eigenvalue weighted by Gasteiger charge is 2.13. The van der Waals surface area contributed by atoms with Gasteiger partial charge in [0.2, 0.25) is 5.82 Å². The monoisotopic (exact) mass is 375 g/mol. The van der Waals surface area contributed by atoms with Crippen molar-refractivity contribution in [3.05, 3.63) is 49.6 Å². The average Bonchev–Trinajstić information content (AvgIpc) is 2.79. The lowest BCUT2D eigenvalue weighted by molar-refractivity contribution is 0.284. The number of ether oxygens (including phenoxy) is 1. The van der Waals surface area contributed by atoms with Crippen molar-refractivity contribution < 1.29 is 13.5 Å². The third-order valence-corrected chi connectivity index (χ3v) is 4.51. The first-order valence-corrected chi connectivity index (χ1v) is 8.18. The molecule has 1 aromatic carbocycles. The molecule has 0 fully saturated rings. The Labute approximate surface area is 135 Å². The van der Waals surface area contributed by atoms with Crippen LogP contribution >= 0.6 is 27.3 Å². The zero-order valence-electron chi connectivity index (χ0n) is 11.8. The number of thiophene rings is 1. The molecule has 1 N–H and O–H groups in total. The van der Waals surface area contributed by atoms with Gasteiger partial charge < -0.3 is 10.1 Å². The van der Waals surface area contributed by atoms with Crippen molar-refractivity contribution in [2.24, 2.45) is 0 Å². The molecule has 2 aromatic rings. The first-order valence-electron chi connectivity index (χ1n) is 6.57. The molecule has 6 heteroatoms. The van der Waals surface area contributed by atoms with Gasteiger partial charge in [0, 0.05) is 26.3 Å². The van der Waals surface area contributed by atoms with Gasteiger partial charge in [0.05, 0.1) is 0 Å². The molecule has 0 unspecified atom stereocenters. The first kappa shape index (κ1) is 16.4. The maximum atomic E-state index is 13.6. The maximum Gasteiger partial charge on any atom is 0.200 e. The minimum atomic E-state index is -0.959. The second-order valence-electron chi connectivity index (χ2n) is 4.56. The minimum absolute atomic E-state index is 0.0827. The van der Waals surface area contributed by atoms with E-state index in [0.29, 0.717) is 4.47 Å². The van der Waals surface area contributed by atoms with Gasteiger partial charge in [-0.2, -0.15) is 4.39 Å². The third-order valence-electron chi connectivity index (χ3n) is 2.96. The summed E-state index contributed by atoms with van der Waals surface area (Å²) in [5.41, 5.74) is 0.993. The summed E-state index contributed by atoms with van der Waals surface area (Å²) in [5, 5.41) is 3.26. The molecule has 0 radical (unpaired) electrons. The van der Waals surface area contributed by atoms with Crippen LogP contribution in [-0.4, -0.2) is 6.54 Å². The van der Waals surface area contributed by atoms with Crippen molar-refractivity contribution in [1.29, 1.82) is 0 Å². The maximum absolute atomic E-state index is 13.6. The summed E-state index contributed by atoms with van der Waals surface area (Å²) < 4.78 is 32.8. The lowest BCUT2D eigenvalue weighted by Gasteiger charge is -2.08. The summed E-state index contributed by atoms with van der Waals surface area (Å²) in [5.74, 6) is -1.96. The fraction of sp³-hybridized carbons (Fsp3) is 0.333. The van der Waals surface area contributed by atoms with E-state index in [-0.39, 0.29) is 12.4 Å². The molecule has 2 rings (SSSR count). The summed E-state index contributed by atoms with van der Waals surface area (Å²) in [6.45, 7) is 5.99. The van der Waals surface area contributed by atoms with E-state index in [1.807, 2.05) is 13.0 Å². The molecule has 0 aliphatic heterocycles. The first-order chi connectivity index (χ1) is 10.0. The van der Waals surface area contributed by atoms with Crippen LogP contribution in [0.25, 0.3) is 0 Å². The van der Waals surface area contributed by atoms with Crippen molar-refractivity contribution in [3.8, 4) is 5.75 Å². The summed E-state index contributed by atoms with van der Waals surface area (Å²) in [7, 11) is 0. The predicted molar refractivity (Wildman–Crippen MR) is 84.8 cm³/mol. The Kier molecular flexibility index (Phi) is 5.72. The lowest BCUT2D eigenvalue weighted by Crippen LogP contribution is -2.10. The number of hydrogen-bond acceptors (Lipinski definition) is 3. The molecule has 0 aliphatic carbocycles. The van der Waals surface area contributed by atoms with E-state index in [1.54, 1.807) is 11.3 Å². The van der Waals surface area contributed by atoms with E-state index >= 15 is 0 Å². The molecule has 0 aliphatic rings. The SMILES string of the molecule is CCNCc1cc(COc2cc(Br)cc(F)c2F)c(C)s1. The number of hydrogen-bond donors (Lipinski definition) is 1. The normalized spacial score (nSPS) is 10.9. The van der Waals surface area contributed by atoms with Gasteiger partial charge in [-0.25, -0.2) is 4.39 Å². The van der Waals surface area contributed by atoms with Crippen LogP contribution in [0.3, 0.4) is 0 Å². The number of halogens is 3. The number of rotatable bonds is 6. The van der Waals surface area contributed by atoms with Gasteiger partial charge in [0.25, 0.3) is 0 Å². The molecular weight excluding hydrogens is 360 g/mol. The van der Waals surface area contributed by atoms with Gasteiger partial charge >= 0.3 is 0 Å². The van der Waals surface area contributed by atoms with Gasteiger partial charge in [-0.05, 0) is 31.7 Å². The van der Waals surface area contributed by atoms with Crippen LogP contribution in [-0.2, 0) is 13.2 Å².